The number of unbranched alkanes of at least 4 members (excludes halogenated alkanes) is 2. The van der Waals surface area contributed by atoms with E-state index in [0.29, 0.717) is 65.1 Å². The summed E-state index contributed by atoms with van der Waals surface area (Å²) in [5, 5.41) is 5.97. The third-order valence-electron chi connectivity index (χ3n) is 13.2. The molecule has 2 fully saturated rings. The van der Waals surface area contributed by atoms with Crippen molar-refractivity contribution < 1.29 is 33.4 Å². The molecule has 4 aromatic carbocycles. The summed E-state index contributed by atoms with van der Waals surface area (Å²) in [6, 6.07) is 36.3. The zero-order chi connectivity index (χ0) is 50.6. The van der Waals surface area contributed by atoms with Crippen molar-refractivity contribution in [1.29, 1.82) is 0 Å². The lowest BCUT2D eigenvalue weighted by Gasteiger charge is -2.51. The molecule has 0 aliphatic carbocycles. The lowest BCUT2D eigenvalue weighted by molar-refractivity contribution is -0.175. The van der Waals surface area contributed by atoms with Crippen LogP contribution in [0.1, 0.15) is 86.0 Å². The number of likely N-dealkylation sites (tertiary alicyclic amines) is 2. The molecule has 380 valence electrons. The maximum atomic E-state index is 13.7. The van der Waals surface area contributed by atoms with Gasteiger partial charge in [0.15, 0.2) is 0 Å². The number of aryl methyl sites for hydroxylation is 2. The van der Waals surface area contributed by atoms with Crippen molar-refractivity contribution in [2.45, 2.75) is 101 Å². The maximum absolute atomic E-state index is 13.7. The maximum Gasteiger partial charge on any atom is 0.245 e. The van der Waals surface area contributed by atoms with Crippen LogP contribution in [0.2, 0.25) is 0 Å². The number of ether oxygens (including phenoxy) is 3. The number of aromatic nitrogens is 4. The van der Waals surface area contributed by atoms with Gasteiger partial charge < -0.3 is 44.6 Å². The van der Waals surface area contributed by atoms with Gasteiger partial charge in [0.1, 0.15) is 29.0 Å². The van der Waals surface area contributed by atoms with Gasteiger partial charge in [-0.1, -0.05) is 130 Å². The Hall–Kier alpha value is -7.10. The quantitative estimate of drug-likeness (QED) is 0.0429. The van der Waals surface area contributed by atoms with E-state index in [1.165, 1.54) is 0 Å². The lowest BCUT2D eigenvalue weighted by Crippen LogP contribution is -2.66. The summed E-state index contributed by atoms with van der Waals surface area (Å²) in [4.78, 5) is 70.6. The average Bonchev–Trinajstić information content (AvgIpc) is 4.13. The normalized spacial score (nSPS) is 15.2. The monoisotopic (exact) mass is 979 g/mol. The number of carbonyl (C=O) groups is 4. The van der Waals surface area contributed by atoms with Gasteiger partial charge in [-0.15, -0.1) is 0 Å². The van der Waals surface area contributed by atoms with Gasteiger partial charge in [0.25, 0.3) is 0 Å². The molecule has 0 saturated carbocycles. The molecule has 2 atom stereocenters. The van der Waals surface area contributed by atoms with E-state index in [1.54, 1.807) is 42.0 Å². The van der Waals surface area contributed by atoms with Crippen molar-refractivity contribution in [3.63, 3.8) is 0 Å². The zero-order valence-corrected chi connectivity index (χ0v) is 41.9. The second kappa shape index (κ2) is 26.4. The topological polar surface area (TPSA) is 184 Å². The fourth-order valence-corrected chi connectivity index (χ4v) is 9.03. The van der Waals surface area contributed by atoms with Crippen LogP contribution in [0.25, 0.3) is 0 Å². The number of benzene rings is 4. The molecule has 72 heavy (non-hydrogen) atoms. The summed E-state index contributed by atoms with van der Waals surface area (Å²) >= 11 is 0. The van der Waals surface area contributed by atoms with E-state index in [2.05, 4.69) is 68.7 Å². The number of imidazole rings is 2. The molecule has 2 aromatic heterocycles. The van der Waals surface area contributed by atoms with Crippen LogP contribution in [0.3, 0.4) is 0 Å². The predicted molar refractivity (Wildman–Crippen MR) is 276 cm³/mol. The zero-order valence-electron chi connectivity index (χ0n) is 41.9. The van der Waals surface area contributed by atoms with Gasteiger partial charge in [0.05, 0.1) is 57.3 Å². The van der Waals surface area contributed by atoms with Crippen LogP contribution in [-0.4, -0.2) is 112 Å². The first kappa shape index (κ1) is 52.7. The average molecular weight is 979 g/mol. The molecular formula is C57H70N8O7. The molecule has 2 aliphatic heterocycles. The highest BCUT2D eigenvalue weighted by atomic mass is 16.5. The SMILES string of the molecule is CCCCOC1(c2ccccc2)CN(C(=O)[C@@H](Cc2ccc(OC)cc2)NC(=O)CCc2c[nH]cn2)C1.CCCCOC1(c2ccccc2)CN(C(=O)[C@@H](Cc2ccccc2)NC(=O)CCc2c[nH]cn2)C1. The van der Waals surface area contributed by atoms with Gasteiger partial charge in [-0.3, -0.25) is 19.2 Å². The van der Waals surface area contributed by atoms with Crippen LogP contribution in [0, 0.1) is 0 Å². The van der Waals surface area contributed by atoms with E-state index < -0.39 is 23.3 Å². The molecule has 4 amide bonds. The molecule has 0 unspecified atom stereocenters. The Morgan fingerprint density at radius 2 is 0.986 bits per heavy atom. The molecule has 15 heteroatoms. The smallest absolute Gasteiger partial charge is 0.245 e. The Balaban J connectivity index is 0.000000212. The Bertz CT molecular complexity index is 2550. The van der Waals surface area contributed by atoms with Crippen LogP contribution < -0.4 is 15.4 Å². The second-order valence-corrected chi connectivity index (χ2v) is 18.6. The van der Waals surface area contributed by atoms with Crippen molar-refractivity contribution in [2.24, 2.45) is 0 Å². The summed E-state index contributed by atoms with van der Waals surface area (Å²) in [6.07, 6.45) is 13.2. The van der Waals surface area contributed by atoms with Crippen molar-refractivity contribution in [1.82, 2.24) is 40.4 Å². The minimum Gasteiger partial charge on any atom is -0.497 e. The highest BCUT2D eigenvalue weighted by Gasteiger charge is 2.50. The van der Waals surface area contributed by atoms with Crippen LogP contribution >= 0.6 is 0 Å². The molecule has 4 heterocycles. The standard InChI is InChI=1S/C29H36N4O4.C28H34N4O3/c1-3-4-16-37-29(23-8-6-5-7-9-23)19-33(20-29)28(35)26(17-22-10-13-25(36-2)14-11-22)32-27(34)15-12-24-18-30-21-31-24;1-2-3-16-35-28(23-12-8-5-9-13-23)19-32(20-28)27(34)25(17-22-10-6-4-7-11-22)31-26(33)15-14-24-18-29-21-30-24/h5-11,13-14,18,21,26H,3-4,12,15-17,19-20H2,1-2H3,(H,30,31)(H,32,34);4-13,18,21,25H,2-3,14-17,19-20H2,1H3,(H,29,30)(H,31,33)/t26-;25-/m11/s1. The first-order valence-corrected chi connectivity index (χ1v) is 25.3. The Morgan fingerprint density at radius 3 is 1.36 bits per heavy atom. The van der Waals surface area contributed by atoms with E-state index >= 15 is 0 Å². The number of hydrogen-bond donors (Lipinski definition) is 4. The molecule has 2 aliphatic rings. The number of nitrogens with one attached hydrogen (secondary N) is 4. The lowest BCUT2D eigenvalue weighted by atomic mass is 9.84. The van der Waals surface area contributed by atoms with Crippen molar-refractivity contribution in [2.75, 3.05) is 46.5 Å². The number of aromatic amines is 2. The highest BCUT2D eigenvalue weighted by Crippen LogP contribution is 2.38. The van der Waals surface area contributed by atoms with Gasteiger partial charge in [-0.05, 0) is 60.1 Å². The number of hydrogen-bond acceptors (Lipinski definition) is 9. The van der Waals surface area contributed by atoms with E-state index in [1.807, 2.05) is 91.0 Å². The molecule has 4 N–H and O–H groups in total. The van der Waals surface area contributed by atoms with Crippen LogP contribution in [0.5, 0.6) is 5.75 Å². The first-order valence-electron chi connectivity index (χ1n) is 25.3. The van der Waals surface area contributed by atoms with Crippen LogP contribution in [0.15, 0.2) is 140 Å². The Kier molecular flexibility index (Phi) is 19.3. The molecule has 2 saturated heterocycles. The van der Waals surface area contributed by atoms with Gasteiger partial charge in [0.2, 0.25) is 23.6 Å². The molecule has 0 spiro atoms. The van der Waals surface area contributed by atoms with Gasteiger partial charge in [-0.2, -0.15) is 0 Å². The summed E-state index contributed by atoms with van der Waals surface area (Å²) in [7, 11) is 1.62. The molecule has 0 bridgehead atoms. The predicted octanol–water partition coefficient (Wildman–Crippen LogP) is 7.26. The molecule has 0 radical (unpaired) electrons. The highest BCUT2D eigenvalue weighted by molar-refractivity contribution is 5.89. The second-order valence-electron chi connectivity index (χ2n) is 18.6. The fraction of sp³-hybridized carbons (Fsp3) is 0.404. The number of amides is 4. The molecular weight excluding hydrogens is 909 g/mol. The van der Waals surface area contributed by atoms with Crippen molar-refractivity contribution >= 4 is 23.6 Å². The minimum absolute atomic E-state index is 0.0763. The molecule has 6 aromatic rings. The summed E-state index contributed by atoms with van der Waals surface area (Å²) in [5.74, 6) is 0.233. The van der Waals surface area contributed by atoms with E-state index in [4.69, 9.17) is 14.2 Å². The number of rotatable bonds is 25. The number of nitrogens with zero attached hydrogens (tertiary/aromatic N) is 4. The van der Waals surface area contributed by atoms with E-state index in [9.17, 15) is 19.2 Å². The molecule has 15 nitrogen and oxygen atoms in total. The van der Waals surface area contributed by atoms with Crippen molar-refractivity contribution in [3.8, 4) is 5.75 Å². The van der Waals surface area contributed by atoms with Gasteiger partial charge in [0, 0.05) is 51.3 Å². The third kappa shape index (κ3) is 14.5. The first-order chi connectivity index (χ1) is 35.1. The third-order valence-corrected chi connectivity index (χ3v) is 13.2. The largest absolute Gasteiger partial charge is 0.497 e. The summed E-state index contributed by atoms with van der Waals surface area (Å²) in [6.45, 7) is 7.45. The Labute approximate surface area is 423 Å². The minimum atomic E-state index is -0.676. The van der Waals surface area contributed by atoms with E-state index in [0.717, 1.165) is 65.1 Å². The van der Waals surface area contributed by atoms with Gasteiger partial charge >= 0.3 is 0 Å². The summed E-state index contributed by atoms with van der Waals surface area (Å²) in [5.41, 5.74) is 4.74. The fourth-order valence-electron chi connectivity index (χ4n) is 9.03. The molecule has 8 rings (SSSR count). The number of methoxy groups -OCH3 is 1. The van der Waals surface area contributed by atoms with E-state index in [-0.39, 0.29) is 36.5 Å². The van der Waals surface area contributed by atoms with Crippen molar-refractivity contribution in [3.05, 3.63) is 174 Å². The summed E-state index contributed by atoms with van der Waals surface area (Å²) < 4.78 is 17.9. The number of carbonyl (C=O) groups excluding carboxylic acids is 4. The van der Waals surface area contributed by atoms with Crippen LogP contribution in [0.4, 0.5) is 0 Å². The van der Waals surface area contributed by atoms with Crippen LogP contribution in [-0.2, 0) is 65.5 Å². The number of H-pyrrole nitrogens is 2. The Morgan fingerprint density at radius 1 is 0.583 bits per heavy atom. The van der Waals surface area contributed by atoms with Gasteiger partial charge in [-0.25, -0.2) is 9.97 Å².